The van der Waals surface area contributed by atoms with Crippen molar-refractivity contribution >= 4 is 44.2 Å². The molecule has 0 bridgehead atoms. The van der Waals surface area contributed by atoms with Gasteiger partial charge in [-0.3, -0.25) is 14.9 Å². The molecule has 1 aromatic carbocycles. The average Bonchev–Trinajstić information content (AvgIpc) is 3.05. The molecule has 1 N–H and O–H groups in total. The second kappa shape index (κ2) is 7.43. The number of carbonyl (C=O) groups is 2. The molecule has 2 aliphatic heterocycles. The highest BCUT2D eigenvalue weighted by atomic mass is 79.9. The molecule has 3 heterocycles. The summed E-state index contributed by atoms with van der Waals surface area (Å²) in [5.41, 5.74) is 1.26. The standard InChI is InChI=1S/C20H24BrN3O2/c21-8-5-14-6-9-23(10-7-14)17-2-1-15-12-24(13-16(15)11-17)18-3-4-19(25)22-20(18)26/h1-2,11-14,18H,3-10H2,(H,22,25,26). The first-order valence-corrected chi connectivity index (χ1v) is 10.5. The molecule has 2 saturated heterocycles. The summed E-state index contributed by atoms with van der Waals surface area (Å²) in [5.74, 6) is 0.465. The molecule has 26 heavy (non-hydrogen) atoms. The van der Waals surface area contributed by atoms with E-state index in [1.807, 2.05) is 17.0 Å². The summed E-state index contributed by atoms with van der Waals surface area (Å²) in [6.07, 6.45) is 8.79. The first-order valence-electron chi connectivity index (χ1n) is 9.40. The summed E-state index contributed by atoms with van der Waals surface area (Å²) < 4.78 is 1.96. The van der Waals surface area contributed by atoms with Crippen molar-refractivity contribution in [2.75, 3.05) is 23.3 Å². The van der Waals surface area contributed by atoms with Gasteiger partial charge in [0.15, 0.2) is 0 Å². The van der Waals surface area contributed by atoms with Crippen LogP contribution < -0.4 is 10.2 Å². The minimum absolute atomic E-state index is 0.173. The van der Waals surface area contributed by atoms with Crippen LogP contribution in [0.1, 0.15) is 38.1 Å². The molecule has 1 aromatic heterocycles. The summed E-state index contributed by atoms with van der Waals surface area (Å²) >= 11 is 3.55. The van der Waals surface area contributed by atoms with Crippen LogP contribution in [0.5, 0.6) is 0 Å². The van der Waals surface area contributed by atoms with E-state index < -0.39 is 0 Å². The number of benzene rings is 1. The van der Waals surface area contributed by atoms with E-state index in [2.05, 4.69) is 44.3 Å². The SMILES string of the molecule is O=C1CCC(n2cc3ccc(N4CCC(CCBr)CC4)cc3c2)C(=O)N1. The summed E-state index contributed by atoms with van der Waals surface area (Å²) in [6, 6.07) is 6.26. The summed E-state index contributed by atoms with van der Waals surface area (Å²) in [7, 11) is 0. The fraction of sp³-hybridized carbons (Fsp3) is 0.500. The van der Waals surface area contributed by atoms with Gasteiger partial charge in [0.2, 0.25) is 11.8 Å². The fourth-order valence-electron chi connectivity index (χ4n) is 4.13. The highest BCUT2D eigenvalue weighted by molar-refractivity contribution is 9.09. The van der Waals surface area contributed by atoms with Gasteiger partial charge < -0.3 is 9.47 Å². The third-order valence-electron chi connectivity index (χ3n) is 5.71. The van der Waals surface area contributed by atoms with E-state index >= 15 is 0 Å². The lowest BCUT2D eigenvalue weighted by atomic mass is 9.94. The number of amides is 2. The van der Waals surface area contributed by atoms with Gasteiger partial charge in [-0.15, -0.1) is 0 Å². The highest BCUT2D eigenvalue weighted by Crippen LogP contribution is 2.30. The second-order valence-corrected chi connectivity index (χ2v) is 8.19. The molecular weight excluding hydrogens is 394 g/mol. The van der Waals surface area contributed by atoms with Gasteiger partial charge in [-0.05, 0) is 49.1 Å². The Morgan fingerprint density at radius 1 is 1.08 bits per heavy atom. The Balaban J connectivity index is 1.51. The maximum atomic E-state index is 12.1. The fourth-order valence-corrected chi connectivity index (χ4v) is 4.77. The first-order chi connectivity index (χ1) is 12.6. The summed E-state index contributed by atoms with van der Waals surface area (Å²) in [4.78, 5) is 25.9. The predicted octanol–water partition coefficient (Wildman–Crippen LogP) is 3.62. The Kier molecular flexibility index (Phi) is 5.02. The number of fused-ring (bicyclic) bond motifs is 1. The van der Waals surface area contributed by atoms with Gasteiger partial charge in [-0.2, -0.15) is 0 Å². The van der Waals surface area contributed by atoms with Crippen LogP contribution in [0.2, 0.25) is 0 Å². The summed E-state index contributed by atoms with van der Waals surface area (Å²) in [6.45, 7) is 2.22. The molecule has 138 valence electrons. The number of nitrogens with one attached hydrogen (secondary N) is 1. The number of piperidine rings is 2. The maximum absolute atomic E-state index is 12.1. The van der Waals surface area contributed by atoms with Gasteiger partial charge >= 0.3 is 0 Å². The smallest absolute Gasteiger partial charge is 0.249 e. The van der Waals surface area contributed by atoms with Gasteiger partial charge in [0, 0.05) is 48.3 Å². The van der Waals surface area contributed by atoms with Crippen LogP contribution in [0, 0.1) is 5.92 Å². The van der Waals surface area contributed by atoms with Crippen molar-refractivity contribution in [3.63, 3.8) is 0 Å². The molecular formula is C20H24BrN3O2. The molecule has 2 aliphatic rings. The van der Waals surface area contributed by atoms with E-state index in [0.717, 1.165) is 35.1 Å². The monoisotopic (exact) mass is 417 g/mol. The van der Waals surface area contributed by atoms with Crippen LogP contribution in [0.25, 0.3) is 10.8 Å². The van der Waals surface area contributed by atoms with Gasteiger partial charge in [-0.1, -0.05) is 22.0 Å². The lowest BCUT2D eigenvalue weighted by Crippen LogP contribution is -2.41. The van der Waals surface area contributed by atoms with Crippen LogP contribution in [0.3, 0.4) is 0 Å². The number of rotatable bonds is 4. The van der Waals surface area contributed by atoms with Crippen molar-refractivity contribution in [1.29, 1.82) is 0 Å². The lowest BCUT2D eigenvalue weighted by molar-refractivity contribution is -0.135. The van der Waals surface area contributed by atoms with Gasteiger partial charge in [0.05, 0.1) is 0 Å². The van der Waals surface area contributed by atoms with Gasteiger partial charge in [0.25, 0.3) is 0 Å². The van der Waals surface area contributed by atoms with Crippen molar-refractivity contribution in [3.05, 3.63) is 30.6 Å². The molecule has 2 amide bonds. The normalized spacial score (nSPS) is 22.0. The van der Waals surface area contributed by atoms with Crippen LogP contribution in [0.15, 0.2) is 30.6 Å². The number of hydrogen-bond acceptors (Lipinski definition) is 3. The van der Waals surface area contributed by atoms with Crippen molar-refractivity contribution in [2.24, 2.45) is 5.92 Å². The molecule has 2 fully saturated rings. The number of carbonyl (C=O) groups excluding carboxylic acids is 2. The molecule has 0 spiro atoms. The molecule has 0 radical (unpaired) electrons. The zero-order valence-corrected chi connectivity index (χ0v) is 16.4. The second-order valence-electron chi connectivity index (χ2n) is 7.39. The molecule has 2 aromatic rings. The quantitative estimate of drug-likeness (QED) is 0.610. The third-order valence-corrected chi connectivity index (χ3v) is 6.17. The molecule has 6 heteroatoms. The Labute approximate surface area is 161 Å². The van der Waals surface area contributed by atoms with Crippen LogP contribution in [-0.2, 0) is 9.59 Å². The average molecular weight is 418 g/mol. The largest absolute Gasteiger partial charge is 0.371 e. The van der Waals surface area contributed by atoms with Gasteiger partial charge in [-0.25, -0.2) is 0 Å². The minimum atomic E-state index is -0.288. The number of hydrogen-bond donors (Lipinski definition) is 1. The molecule has 4 rings (SSSR count). The Hall–Kier alpha value is -1.82. The van der Waals surface area contributed by atoms with Gasteiger partial charge in [0.1, 0.15) is 6.04 Å². The van der Waals surface area contributed by atoms with Crippen molar-refractivity contribution in [3.8, 4) is 0 Å². The highest BCUT2D eigenvalue weighted by Gasteiger charge is 2.28. The molecule has 5 nitrogen and oxygen atoms in total. The van der Waals surface area contributed by atoms with E-state index in [1.165, 1.54) is 24.9 Å². The van der Waals surface area contributed by atoms with Crippen LogP contribution in [0.4, 0.5) is 5.69 Å². The van der Waals surface area contributed by atoms with E-state index in [0.29, 0.717) is 12.8 Å². The Bertz CT molecular complexity index is 824. The third kappa shape index (κ3) is 3.52. The molecule has 0 saturated carbocycles. The van der Waals surface area contributed by atoms with Crippen molar-refractivity contribution in [2.45, 2.75) is 38.1 Å². The number of nitrogens with zero attached hydrogens (tertiary/aromatic N) is 2. The van der Waals surface area contributed by atoms with Crippen molar-refractivity contribution < 1.29 is 9.59 Å². The van der Waals surface area contributed by atoms with E-state index in [4.69, 9.17) is 0 Å². The number of aromatic nitrogens is 1. The summed E-state index contributed by atoms with van der Waals surface area (Å²) in [5, 5.41) is 5.81. The number of alkyl halides is 1. The molecule has 1 atom stereocenters. The van der Waals surface area contributed by atoms with E-state index in [-0.39, 0.29) is 17.9 Å². The van der Waals surface area contributed by atoms with Crippen molar-refractivity contribution in [1.82, 2.24) is 9.88 Å². The lowest BCUT2D eigenvalue weighted by Gasteiger charge is -2.33. The predicted molar refractivity (Wildman–Crippen MR) is 107 cm³/mol. The number of anilines is 1. The van der Waals surface area contributed by atoms with Crippen LogP contribution in [-0.4, -0.2) is 34.8 Å². The zero-order valence-electron chi connectivity index (χ0n) is 14.8. The maximum Gasteiger partial charge on any atom is 0.249 e. The molecule has 1 unspecified atom stereocenters. The topological polar surface area (TPSA) is 54.3 Å². The number of imide groups is 1. The number of halogens is 1. The molecule has 0 aliphatic carbocycles. The first kappa shape index (κ1) is 17.6. The van der Waals surface area contributed by atoms with E-state index in [9.17, 15) is 9.59 Å². The minimum Gasteiger partial charge on any atom is -0.371 e. The zero-order chi connectivity index (χ0) is 18.1. The van der Waals surface area contributed by atoms with Crippen LogP contribution >= 0.6 is 15.9 Å². The Morgan fingerprint density at radius 2 is 1.85 bits per heavy atom. The Morgan fingerprint density at radius 3 is 2.58 bits per heavy atom. The van der Waals surface area contributed by atoms with E-state index in [1.54, 1.807) is 0 Å².